The first kappa shape index (κ1) is 16.3. The van der Waals surface area contributed by atoms with Crippen LogP contribution in [0.1, 0.15) is 11.1 Å². The molecule has 0 unspecified atom stereocenters. The summed E-state index contributed by atoms with van der Waals surface area (Å²) in [5.41, 5.74) is 10.3. The Bertz CT molecular complexity index is 975. The molecule has 0 fully saturated rings. The highest BCUT2D eigenvalue weighted by Gasteiger charge is 2.16. The van der Waals surface area contributed by atoms with E-state index >= 15 is 0 Å². The van der Waals surface area contributed by atoms with Gasteiger partial charge in [0, 0.05) is 16.7 Å². The maximum Gasteiger partial charge on any atom is 0.142 e. The summed E-state index contributed by atoms with van der Waals surface area (Å²) in [6.45, 7) is 2.01. The topological polar surface area (TPSA) is 62.7 Å². The van der Waals surface area contributed by atoms with Gasteiger partial charge in [-0.25, -0.2) is 4.98 Å². The Hall–Kier alpha value is -2.54. The molecule has 0 atom stereocenters. The van der Waals surface area contributed by atoms with Gasteiger partial charge in [-0.3, -0.25) is 0 Å². The number of halogens is 2. The highest BCUT2D eigenvalue weighted by molar-refractivity contribution is 6.43. The van der Waals surface area contributed by atoms with E-state index in [1.807, 2.05) is 43.3 Å². The molecule has 1 aromatic heterocycles. The van der Waals surface area contributed by atoms with Crippen LogP contribution in [-0.4, -0.2) is 4.98 Å². The molecule has 5 heteroatoms. The number of nitrogen functional groups attached to an aromatic ring is 1. The number of hydrogen-bond acceptors (Lipinski definition) is 3. The Balaban J connectivity index is 2.29. The number of nitriles is 1. The summed E-state index contributed by atoms with van der Waals surface area (Å²) in [6, 6.07) is 17.1. The molecule has 0 bridgehead atoms. The number of benzene rings is 2. The molecule has 3 aromatic rings. The van der Waals surface area contributed by atoms with E-state index < -0.39 is 0 Å². The molecule has 0 saturated carbocycles. The molecule has 0 radical (unpaired) electrons. The Morgan fingerprint density at radius 1 is 1.04 bits per heavy atom. The average Bonchev–Trinajstić information content (AvgIpc) is 2.56. The lowest BCUT2D eigenvalue weighted by Gasteiger charge is -2.12. The number of aryl methyl sites for hydroxylation is 1. The fourth-order valence-corrected chi connectivity index (χ4v) is 2.96. The molecular formula is C19H13Cl2N3. The van der Waals surface area contributed by atoms with Crippen LogP contribution in [0.5, 0.6) is 0 Å². The van der Waals surface area contributed by atoms with Crippen molar-refractivity contribution in [2.45, 2.75) is 6.92 Å². The van der Waals surface area contributed by atoms with Crippen molar-refractivity contribution in [1.82, 2.24) is 4.98 Å². The fourth-order valence-electron chi connectivity index (χ4n) is 2.56. The van der Waals surface area contributed by atoms with Gasteiger partial charge in [-0.2, -0.15) is 5.26 Å². The van der Waals surface area contributed by atoms with Crippen LogP contribution in [-0.2, 0) is 0 Å². The predicted octanol–water partition coefficient (Wildman–Crippen LogP) is 5.48. The zero-order valence-corrected chi connectivity index (χ0v) is 14.4. The van der Waals surface area contributed by atoms with Crippen LogP contribution in [0.15, 0.2) is 48.5 Å². The Kier molecular flexibility index (Phi) is 4.44. The van der Waals surface area contributed by atoms with E-state index in [4.69, 9.17) is 28.9 Å². The molecular weight excluding hydrogens is 341 g/mol. The van der Waals surface area contributed by atoms with Crippen molar-refractivity contribution in [2.75, 3.05) is 5.73 Å². The molecule has 3 rings (SSSR count). The van der Waals surface area contributed by atoms with Crippen LogP contribution in [0.4, 0.5) is 5.82 Å². The zero-order chi connectivity index (χ0) is 17.3. The summed E-state index contributed by atoms with van der Waals surface area (Å²) in [5, 5.41) is 10.3. The number of nitrogens with zero attached hydrogens (tertiary/aromatic N) is 2. The van der Waals surface area contributed by atoms with Gasteiger partial charge >= 0.3 is 0 Å². The second-order valence-corrected chi connectivity index (χ2v) is 6.18. The summed E-state index contributed by atoms with van der Waals surface area (Å²) in [5.74, 6) is 0.169. The summed E-state index contributed by atoms with van der Waals surface area (Å²) < 4.78 is 0. The van der Waals surface area contributed by atoms with Crippen molar-refractivity contribution in [3.8, 4) is 28.5 Å². The van der Waals surface area contributed by atoms with Crippen LogP contribution in [0.2, 0.25) is 10.0 Å². The summed E-state index contributed by atoms with van der Waals surface area (Å²) >= 11 is 12.4. The first-order valence-electron chi connectivity index (χ1n) is 7.23. The second kappa shape index (κ2) is 6.52. The number of nitrogens with two attached hydrogens (primary N) is 1. The maximum atomic E-state index is 9.48. The summed E-state index contributed by atoms with van der Waals surface area (Å²) in [7, 11) is 0. The summed E-state index contributed by atoms with van der Waals surface area (Å²) in [4.78, 5) is 4.37. The molecule has 0 amide bonds. The van der Waals surface area contributed by atoms with Crippen LogP contribution in [0.3, 0.4) is 0 Å². The largest absolute Gasteiger partial charge is 0.383 e. The van der Waals surface area contributed by atoms with Gasteiger partial charge in [-0.1, -0.05) is 59.1 Å². The number of pyridine rings is 1. The summed E-state index contributed by atoms with van der Waals surface area (Å²) in [6.07, 6.45) is 0. The first-order valence-corrected chi connectivity index (χ1v) is 7.99. The monoisotopic (exact) mass is 353 g/mol. The Labute approximate surface area is 150 Å². The quantitative estimate of drug-likeness (QED) is 0.662. The van der Waals surface area contributed by atoms with Crippen LogP contribution < -0.4 is 5.73 Å². The van der Waals surface area contributed by atoms with E-state index in [2.05, 4.69) is 11.1 Å². The Morgan fingerprint density at radius 3 is 2.50 bits per heavy atom. The van der Waals surface area contributed by atoms with Crippen LogP contribution >= 0.6 is 23.2 Å². The molecule has 0 aliphatic heterocycles. The lowest BCUT2D eigenvalue weighted by Crippen LogP contribution is -2.00. The van der Waals surface area contributed by atoms with Crippen molar-refractivity contribution >= 4 is 29.0 Å². The molecule has 0 spiro atoms. The molecule has 118 valence electrons. The number of anilines is 1. The van der Waals surface area contributed by atoms with E-state index in [9.17, 15) is 5.26 Å². The number of rotatable bonds is 2. The smallest absolute Gasteiger partial charge is 0.142 e. The number of hydrogen-bond donors (Lipinski definition) is 1. The van der Waals surface area contributed by atoms with Gasteiger partial charge in [0.15, 0.2) is 0 Å². The van der Waals surface area contributed by atoms with Crippen LogP contribution in [0, 0.1) is 18.3 Å². The molecule has 0 aliphatic rings. The minimum atomic E-state index is 0.169. The van der Waals surface area contributed by atoms with Gasteiger partial charge in [0.2, 0.25) is 0 Å². The van der Waals surface area contributed by atoms with Gasteiger partial charge in [0.25, 0.3) is 0 Å². The normalized spacial score (nSPS) is 10.4. The van der Waals surface area contributed by atoms with Crippen molar-refractivity contribution < 1.29 is 0 Å². The van der Waals surface area contributed by atoms with Gasteiger partial charge in [-0.15, -0.1) is 0 Å². The van der Waals surface area contributed by atoms with Gasteiger partial charge < -0.3 is 5.73 Å². The second-order valence-electron chi connectivity index (χ2n) is 5.40. The molecule has 0 aliphatic carbocycles. The predicted molar refractivity (Wildman–Crippen MR) is 99.0 cm³/mol. The zero-order valence-electron chi connectivity index (χ0n) is 12.8. The van der Waals surface area contributed by atoms with Crippen molar-refractivity contribution in [1.29, 1.82) is 5.26 Å². The Morgan fingerprint density at radius 2 is 1.79 bits per heavy atom. The maximum absolute atomic E-state index is 9.48. The van der Waals surface area contributed by atoms with Gasteiger partial charge in [0.05, 0.1) is 15.7 Å². The van der Waals surface area contributed by atoms with Crippen molar-refractivity contribution in [3.63, 3.8) is 0 Å². The number of aromatic nitrogens is 1. The standard InChI is InChI=1S/C19H13Cl2N3/c1-11-4-2-5-12(8-11)17-9-14(15(10-22)19(23)24-17)13-6-3-7-16(20)18(13)21/h2-9H,1H3,(H2,23,24). The van der Waals surface area contributed by atoms with Gasteiger partial charge in [0.1, 0.15) is 17.5 Å². The molecule has 1 heterocycles. The van der Waals surface area contributed by atoms with E-state index in [1.165, 1.54) is 0 Å². The van der Waals surface area contributed by atoms with Crippen molar-refractivity contribution in [3.05, 3.63) is 69.7 Å². The molecule has 2 aromatic carbocycles. The minimum Gasteiger partial charge on any atom is -0.383 e. The minimum absolute atomic E-state index is 0.169. The highest BCUT2D eigenvalue weighted by Crippen LogP contribution is 2.38. The highest BCUT2D eigenvalue weighted by atomic mass is 35.5. The molecule has 0 saturated heterocycles. The molecule has 2 N–H and O–H groups in total. The van der Waals surface area contributed by atoms with Gasteiger partial charge in [-0.05, 0) is 25.1 Å². The SMILES string of the molecule is Cc1cccc(-c2cc(-c3cccc(Cl)c3Cl)c(C#N)c(N)n2)c1. The average molecular weight is 354 g/mol. The third-order valence-electron chi connectivity index (χ3n) is 3.71. The van der Waals surface area contributed by atoms with E-state index in [1.54, 1.807) is 12.1 Å². The lowest BCUT2D eigenvalue weighted by molar-refractivity contribution is 1.30. The molecule has 3 nitrogen and oxygen atoms in total. The van der Waals surface area contributed by atoms with E-state index in [0.717, 1.165) is 11.1 Å². The van der Waals surface area contributed by atoms with Crippen LogP contribution in [0.25, 0.3) is 22.4 Å². The molecule has 24 heavy (non-hydrogen) atoms. The third kappa shape index (κ3) is 2.94. The van der Waals surface area contributed by atoms with E-state index in [0.29, 0.717) is 26.9 Å². The van der Waals surface area contributed by atoms with Crippen molar-refractivity contribution in [2.24, 2.45) is 0 Å². The fraction of sp³-hybridized carbons (Fsp3) is 0.0526. The lowest BCUT2D eigenvalue weighted by atomic mass is 9.98. The first-order chi connectivity index (χ1) is 11.5. The third-order valence-corrected chi connectivity index (χ3v) is 4.53. The van der Waals surface area contributed by atoms with E-state index in [-0.39, 0.29) is 11.4 Å².